The number of fused-ring (bicyclic) bond motifs is 4. The number of aliphatic hydroxyl groups excluding tert-OH is 1. The van der Waals surface area contributed by atoms with Crippen molar-refractivity contribution >= 4 is 29.8 Å². The van der Waals surface area contributed by atoms with Crippen LogP contribution in [-0.4, -0.2) is 149 Å². The third-order valence-electron chi connectivity index (χ3n) is 10.2. The first-order valence-corrected chi connectivity index (χ1v) is 18.6. The molecule has 0 bridgehead atoms. The summed E-state index contributed by atoms with van der Waals surface area (Å²) in [5, 5.41) is 166. The number of aromatic hydroxyl groups is 14. The van der Waals surface area contributed by atoms with E-state index in [0.717, 1.165) is 0 Å². The fourth-order valence-electron chi connectivity index (χ4n) is 6.87. The number of aliphatic hydroxyl groups is 1. The van der Waals surface area contributed by atoms with Gasteiger partial charge in [0, 0.05) is 23.3 Å². The highest BCUT2D eigenvalue weighted by Crippen LogP contribution is 2.55. The SMILES string of the molecule is O=C(O[C@@H]1[C@@H](OC(=O)c2cc(O)c(O)c(O)c2)[C@H](O)O[C@@H]2COC(=O)c3cc(Oc4c(C(=O)O)cc(O)c(O)c4O)c(O)c(O)c3-c3c(cc(O)c(O)c3O)C(=O)O[C@@H]12)c1cc(O)c(O)c(O)c1. The van der Waals surface area contributed by atoms with Gasteiger partial charge in [-0.05, 0) is 30.3 Å². The Kier molecular flexibility index (Phi) is 11.6. The number of cyclic esters (lactones) is 1. The lowest BCUT2D eigenvalue weighted by Crippen LogP contribution is -2.62. The van der Waals surface area contributed by atoms with Crippen LogP contribution in [0.4, 0.5) is 0 Å². The van der Waals surface area contributed by atoms with Crippen LogP contribution in [0.25, 0.3) is 11.1 Å². The monoisotopic (exact) mass is 954 g/mol. The Labute approximate surface area is 374 Å². The Balaban J connectivity index is 1.39. The zero-order chi connectivity index (χ0) is 50.0. The lowest BCUT2D eigenvalue weighted by Gasteiger charge is -2.42. The molecule has 7 rings (SSSR count). The van der Waals surface area contributed by atoms with E-state index in [1.807, 2.05) is 0 Å². The molecule has 16 N–H and O–H groups in total. The highest BCUT2D eigenvalue weighted by atomic mass is 16.7. The molecule has 1 saturated heterocycles. The average molecular weight is 955 g/mol. The molecule has 0 unspecified atom stereocenters. The molecule has 0 saturated carbocycles. The predicted molar refractivity (Wildman–Crippen MR) is 210 cm³/mol. The number of phenolic OH excluding ortho intramolecular Hbond substituents is 14. The molecule has 1 fully saturated rings. The van der Waals surface area contributed by atoms with Crippen LogP contribution in [0.5, 0.6) is 92.0 Å². The van der Waals surface area contributed by atoms with Crippen molar-refractivity contribution < 1.29 is 134 Å². The molecule has 5 aromatic rings. The first-order chi connectivity index (χ1) is 31.9. The van der Waals surface area contributed by atoms with Crippen LogP contribution >= 0.6 is 0 Å². The van der Waals surface area contributed by atoms with E-state index in [1.165, 1.54) is 0 Å². The van der Waals surface area contributed by atoms with E-state index in [9.17, 15) is 106 Å². The van der Waals surface area contributed by atoms with Crippen molar-refractivity contribution in [2.24, 2.45) is 0 Å². The first-order valence-electron chi connectivity index (χ1n) is 18.6. The van der Waals surface area contributed by atoms with E-state index < -0.39 is 198 Å². The number of carboxylic acids is 1. The zero-order valence-electron chi connectivity index (χ0n) is 33.3. The lowest BCUT2D eigenvalue weighted by molar-refractivity contribution is -0.284. The Morgan fingerprint density at radius 1 is 0.529 bits per heavy atom. The van der Waals surface area contributed by atoms with Crippen molar-refractivity contribution in [3.05, 3.63) is 70.3 Å². The molecular weight excluding hydrogens is 924 g/mol. The van der Waals surface area contributed by atoms with Gasteiger partial charge in [0.1, 0.15) is 18.3 Å². The number of aromatic carboxylic acids is 1. The van der Waals surface area contributed by atoms with Crippen molar-refractivity contribution in [1.82, 2.24) is 0 Å². The maximum absolute atomic E-state index is 14.4. The Morgan fingerprint density at radius 3 is 1.51 bits per heavy atom. The summed E-state index contributed by atoms with van der Waals surface area (Å²) < 4.78 is 32.6. The van der Waals surface area contributed by atoms with Gasteiger partial charge in [0.25, 0.3) is 0 Å². The minimum atomic E-state index is -2.54. The normalized spacial score (nSPS) is 18.9. The van der Waals surface area contributed by atoms with E-state index >= 15 is 0 Å². The van der Waals surface area contributed by atoms with Gasteiger partial charge in [-0.15, -0.1) is 0 Å². The predicted octanol–water partition coefficient (Wildman–Crippen LogP) is 1.59. The molecule has 68 heavy (non-hydrogen) atoms. The molecule has 0 radical (unpaired) electrons. The molecule has 27 heteroatoms. The van der Waals surface area contributed by atoms with E-state index in [2.05, 4.69) is 0 Å². The molecule has 0 aromatic heterocycles. The van der Waals surface area contributed by atoms with Crippen LogP contribution < -0.4 is 4.74 Å². The maximum Gasteiger partial charge on any atom is 0.339 e. The molecule has 5 atom stereocenters. The van der Waals surface area contributed by atoms with Gasteiger partial charge in [-0.2, -0.15) is 0 Å². The van der Waals surface area contributed by atoms with Gasteiger partial charge in [-0.25, -0.2) is 24.0 Å². The van der Waals surface area contributed by atoms with Gasteiger partial charge in [-0.3, -0.25) is 0 Å². The van der Waals surface area contributed by atoms with E-state index in [4.69, 9.17) is 28.4 Å². The van der Waals surface area contributed by atoms with Gasteiger partial charge >= 0.3 is 29.8 Å². The number of hydrogen-bond donors (Lipinski definition) is 16. The molecule has 356 valence electrons. The summed E-state index contributed by atoms with van der Waals surface area (Å²) in [5.41, 5.74) is -7.20. The van der Waals surface area contributed by atoms with Crippen molar-refractivity contribution in [3.63, 3.8) is 0 Å². The maximum atomic E-state index is 14.4. The summed E-state index contributed by atoms with van der Waals surface area (Å²) in [4.78, 5) is 67.6. The van der Waals surface area contributed by atoms with Crippen LogP contribution in [0.3, 0.4) is 0 Å². The van der Waals surface area contributed by atoms with Crippen LogP contribution in [0.2, 0.25) is 0 Å². The Bertz CT molecular complexity index is 2950. The van der Waals surface area contributed by atoms with Crippen LogP contribution in [0.1, 0.15) is 51.8 Å². The number of carboxylic acid groups (broad SMARTS) is 1. The second-order valence-corrected chi connectivity index (χ2v) is 14.4. The molecule has 0 aliphatic carbocycles. The van der Waals surface area contributed by atoms with Gasteiger partial charge in [0.2, 0.25) is 23.0 Å². The fraction of sp³-hybridized carbons (Fsp3) is 0.146. The van der Waals surface area contributed by atoms with Gasteiger partial charge < -0.3 is 110 Å². The van der Waals surface area contributed by atoms with Crippen molar-refractivity contribution in [2.45, 2.75) is 30.7 Å². The third-order valence-corrected chi connectivity index (χ3v) is 10.2. The molecule has 2 heterocycles. The van der Waals surface area contributed by atoms with Gasteiger partial charge in [-0.1, -0.05) is 0 Å². The number of carbonyl (C=O) groups is 5. The lowest BCUT2D eigenvalue weighted by atomic mass is 9.91. The number of carbonyl (C=O) groups excluding carboxylic acids is 4. The summed E-state index contributed by atoms with van der Waals surface area (Å²) in [5.74, 6) is -28.9. The van der Waals surface area contributed by atoms with Crippen LogP contribution in [0, 0.1) is 0 Å². The molecule has 2 aliphatic heterocycles. The summed E-state index contributed by atoms with van der Waals surface area (Å²) in [6.45, 7) is -1.26. The number of esters is 4. The van der Waals surface area contributed by atoms with E-state index in [1.54, 1.807) is 0 Å². The summed E-state index contributed by atoms with van der Waals surface area (Å²) >= 11 is 0. The quantitative estimate of drug-likeness (QED) is 0.0625. The number of ether oxygens (including phenoxy) is 6. The highest BCUT2D eigenvalue weighted by Gasteiger charge is 2.53. The molecule has 2 aliphatic rings. The second-order valence-electron chi connectivity index (χ2n) is 14.4. The fourth-order valence-corrected chi connectivity index (χ4v) is 6.87. The Hall–Kier alpha value is -9.63. The van der Waals surface area contributed by atoms with Gasteiger partial charge in [0.15, 0.2) is 93.6 Å². The topological polar surface area (TPSA) is 464 Å². The second kappa shape index (κ2) is 17.1. The number of hydrogen-bond acceptors (Lipinski definition) is 26. The average Bonchev–Trinajstić information content (AvgIpc) is 3.29. The number of rotatable bonds is 7. The minimum Gasteiger partial charge on any atom is -0.504 e. The third kappa shape index (κ3) is 7.96. The number of phenols is 14. The van der Waals surface area contributed by atoms with E-state index in [0.29, 0.717) is 42.5 Å². The first kappa shape index (κ1) is 46.4. The molecule has 5 aromatic carbocycles. The molecule has 0 amide bonds. The summed E-state index contributed by atoms with van der Waals surface area (Å²) in [6.07, 6.45) is -11.8. The van der Waals surface area contributed by atoms with Gasteiger partial charge in [0.05, 0.1) is 22.3 Å². The zero-order valence-corrected chi connectivity index (χ0v) is 33.3. The van der Waals surface area contributed by atoms with E-state index in [-0.39, 0.29) is 0 Å². The van der Waals surface area contributed by atoms with Crippen molar-refractivity contribution in [3.8, 4) is 103 Å². The highest BCUT2D eigenvalue weighted by molar-refractivity contribution is 6.08. The molecule has 27 nitrogen and oxygen atoms in total. The van der Waals surface area contributed by atoms with Crippen molar-refractivity contribution in [1.29, 1.82) is 0 Å². The van der Waals surface area contributed by atoms with Crippen LogP contribution in [0.15, 0.2) is 42.5 Å². The molecular formula is C41H30O27. The Morgan fingerprint density at radius 2 is 0.985 bits per heavy atom. The summed E-state index contributed by atoms with van der Waals surface area (Å²) in [6, 6.07) is 3.45. The largest absolute Gasteiger partial charge is 0.504 e. The van der Waals surface area contributed by atoms with Crippen molar-refractivity contribution in [2.75, 3.05) is 6.61 Å². The summed E-state index contributed by atoms with van der Waals surface area (Å²) in [7, 11) is 0. The number of benzene rings is 5. The molecule has 0 spiro atoms. The smallest absolute Gasteiger partial charge is 0.339 e. The minimum absolute atomic E-state index is 0.370. The standard InChI is InChI=1S/C41H30O27/c42-14-1-9(2-15(43)24(14)48)37(58)67-34-33-21(65-41(62)35(34)68-38(59)10-3-16(44)25(49)17(45)4-10)8-63-39(60)12-7-20(64-32-13(36(56)57)6-19(47)27(51)31(32)55)28(52)30(54)23(12)22-11(40(61)66-33)5-18(46)26(50)29(22)53/h1-7,21,33-35,41-55,62H,8H2,(H,56,57)/t21-,33-,34+,35-,41-/m1/s1. The van der Waals surface area contributed by atoms with Crippen LogP contribution in [-0.2, 0) is 23.7 Å².